The topological polar surface area (TPSA) is 75.6 Å². The molecular weight excluding hydrogens is 314 g/mol. The van der Waals surface area contributed by atoms with Crippen LogP contribution < -0.4 is 5.32 Å². The first-order valence-corrected chi connectivity index (χ1v) is 6.43. The first-order valence-electron chi connectivity index (χ1n) is 5.63. The van der Waals surface area contributed by atoms with Crippen LogP contribution in [0.1, 0.15) is 38.1 Å². The molecule has 0 saturated carbocycles. The van der Waals surface area contributed by atoms with Crippen LogP contribution in [0.25, 0.3) is 0 Å². The summed E-state index contributed by atoms with van der Waals surface area (Å²) >= 11 is 3.21. The van der Waals surface area contributed by atoms with E-state index in [1.807, 2.05) is 0 Å². The second kappa shape index (κ2) is 5.61. The van der Waals surface area contributed by atoms with E-state index in [0.717, 1.165) is 0 Å². The van der Waals surface area contributed by atoms with E-state index in [1.165, 1.54) is 19.1 Å². The third-order valence-electron chi connectivity index (χ3n) is 2.09. The van der Waals surface area contributed by atoms with Gasteiger partial charge in [-0.25, -0.2) is 4.79 Å². The molecule has 1 aromatic rings. The SMILES string of the molecule is CC(=O)c1cc(Br)cc(NC(=O)OC(C)(C)C)c1O. The Morgan fingerprint density at radius 2 is 1.89 bits per heavy atom. The van der Waals surface area contributed by atoms with Gasteiger partial charge in [-0.2, -0.15) is 0 Å². The largest absolute Gasteiger partial charge is 0.505 e. The van der Waals surface area contributed by atoms with E-state index in [4.69, 9.17) is 4.74 Å². The van der Waals surface area contributed by atoms with Crippen LogP contribution in [0.2, 0.25) is 0 Å². The van der Waals surface area contributed by atoms with Crippen LogP contribution in [0.3, 0.4) is 0 Å². The first-order chi connectivity index (χ1) is 8.60. The molecule has 0 bridgehead atoms. The van der Waals surface area contributed by atoms with E-state index < -0.39 is 11.7 Å². The Balaban J connectivity index is 3.02. The minimum absolute atomic E-state index is 0.119. The van der Waals surface area contributed by atoms with Crippen LogP contribution >= 0.6 is 15.9 Å². The zero-order valence-corrected chi connectivity index (χ0v) is 12.8. The standard InChI is InChI=1S/C13H16BrNO4/c1-7(16)9-5-8(14)6-10(11(9)17)15-12(18)19-13(2,3)4/h5-6,17H,1-4H3,(H,15,18). The Kier molecular flexibility index (Phi) is 4.57. The van der Waals surface area contributed by atoms with Gasteiger partial charge in [0.25, 0.3) is 0 Å². The molecule has 0 radical (unpaired) electrons. The number of aromatic hydroxyl groups is 1. The fraction of sp³-hybridized carbons (Fsp3) is 0.385. The number of hydrogen-bond donors (Lipinski definition) is 2. The van der Waals surface area contributed by atoms with Gasteiger partial charge >= 0.3 is 6.09 Å². The van der Waals surface area contributed by atoms with Crippen molar-refractivity contribution in [2.45, 2.75) is 33.3 Å². The Bertz CT molecular complexity index is 520. The van der Waals surface area contributed by atoms with Gasteiger partial charge in [-0.3, -0.25) is 10.1 Å². The molecule has 1 rings (SSSR count). The zero-order valence-electron chi connectivity index (χ0n) is 11.2. The number of carbonyl (C=O) groups is 2. The van der Waals surface area contributed by atoms with E-state index in [1.54, 1.807) is 20.8 Å². The Hall–Kier alpha value is -1.56. The number of hydrogen-bond acceptors (Lipinski definition) is 4. The van der Waals surface area contributed by atoms with Gasteiger partial charge in [0.05, 0.1) is 11.3 Å². The lowest BCUT2D eigenvalue weighted by Gasteiger charge is -2.20. The monoisotopic (exact) mass is 329 g/mol. The molecule has 0 fully saturated rings. The average molecular weight is 330 g/mol. The van der Waals surface area contributed by atoms with Gasteiger partial charge < -0.3 is 9.84 Å². The molecule has 1 aromatic carbocycles. The Labute approximate surface area is 120 Å². The van der Waals surface area contributed by atoms with Crippen molar-refractivity contribution in [2.75, 3.05) is 5.32 Å². The smallest absolute Gasteiger partial charge is 0.412 e. The summed E-state index contributed by atoms with van der Waals surface area (Å²) in [6.45, 7) is 6.52. The molecule has 0 heterocycles. The highest BCUT2D eigenvalue weighted by Crippen LogP contribution is 2.32. The quantitative estimate of drug-likeness (QED) is 0.640. The third-order valence-corrected chi connectivity index (χ3v) is 2.55. The highest BCUT2D eigenvalue weighted by molar-refractivity contribution is 9.10. The summed E-state index contributed by atoms with van der Waals surface area (Å²) in [4.78, 5) is 23.0. The van der Waals surface area contributed by atoms with Crippen molar-refractivity contribution in [3.05, 3.63) is 22.2 Å². The second-order valence-corrected chi connectivity index (χ2v) is 5.95. The number of Topliss-reactive ketones (excluding diaryl/α,β-unsaturated/α-hetero) is 1. The van der Waals surface area contributed by atoms with Crippen molar-refractivity contribution in [2.24, 2.45) is 0 Å². The number of ketones is 1. The number of phenols is 1. The first kappa shape index (κ1) is 15.5. The number of halogens is 1. The summed E-state index contributed by atoms with van der Waals surface area (Å²) in [5.74, 6) is -0.576. The molecule has 0 aromatic heterocycles. The van der Waals surface area contributed by atoms with E-state index in [0.29, 0.717) is 4.47 Å². The number of amides is 1. The lowest BCUT2D eigenvalue weighted by molar-refractivity contribution is 0.0635. The van der Waals surface area contributed by atoms with E-state index >= 15 is 0 Å². The highest BCUT2D eigenvalue weighted by Gasteiger charge is 2.19. The van der Waals surface area contributed by atoms with Crippen molar-refractivity contribution in [1.82, 2.24) is 0 Å². The van der Waals surface area contributed by atoms with Gasteiger partial charge in [-0.05, 0) is 39.8 Å². The predicted molar refractivity (Wildman–Crippen MR) is 75.7 cm³/mol. The summed E-state index contributed by atoms with van der Waals surface area (Å²) in [6, 6.07) is 2.98. The molecule has 0 aliphatic heterocycles. The van der Waals surface area contributed by atoms with Gasteiger partial charge in [-0.1, -0.05) is 15.9 Å². The number of phenolic OH excluding ortho intramolecular Hbond substituents is 1. The second-order valence-electron chi connectivity index (χ2n) is 5.03. The summed E-state index contributed by atoms with van der Waals surface area (Å²) < 4.78 is 5.65. The molecule has 6 heteroatoms. The van der Waals surface area contributed by atoms with Crippen LogP contribution in [0.5, 0.6) is 5.75 Å². The fourth-order valence-corrected chi connectivity index (χ4v) is 1.83. The molecular formula is C13H16BrNO4. The number of anilines is 1. The van der Waals surface area contributed by atoms with E-state index in [2.05, 4.69) is 21.2 Å². The zero-order chi connectivity index (χ0) is 14.8. The summed E-state index contributed by atoms with van der Waals surface area (Å²) in [5.41, 5.74) is -0.399. The summed E-state index contributed by atoms with van der Waals surface area (Å²) in [7, 11) is 0. The highest BCUT2D eigenvalue weighted by atomic mass is 79.9. The molecule has 0 saturated heterocycles. The Morgan fingerprint density at radius 1 is 1.32 bits per heavy atom. The van der Waals surface area contributed by atoms with Gasteiger partial charge in [0, 0.05) is 4.47 Å². The van der Waals surface area contributed by atoms with Crippen molar-refractivity contribution in [3.63, 3.8) is 0 Å². The Morgan fingerprint density at radius 3 is 2.37 bits per heavy atom. The molecule has 0 aliphatic rings. The van der Waals surface area contributed by atoms with Crippen LogP contribution in [0, 0.1) is 0 Å². The number of carbonyl (C=O) groups excluding carboxylic acids is 2. The minimum Gasteiger partial charge on any atom is -0.505 e. The van der Waals surface area contributed by atoms with Crippen molar-refractivity contribution in [3.8, 4) is 5.75 Å². The molecule has 0 unspecified atom stereocenters. The lowest BCUT2D eigenvalue weighted by Crippen LogP contribution is -2.27. The summed E-state index contributed by atoms with van der Waals surface area (Å²) in [5, 5.41) is 12.3. The van der Waals surface area contributed by atoms with Crippen molar-refractivity contribution < 1.29 is 19.4 Å². The van der Waals surface area contributed by atoms with E-state index in [9.17, 15) is 14.7 Å². The third kappa shape index (κ3) is 4.55. The molecule has 0 spiro atoms. The molecule has 104 valence electrons. The van der Waals surface area contributed by atoms with Crippen molar-refractivity contribution >= 4 is 33.5 Å². The molecule has 19 heavy (non-hydrogen) atoms. The number of rotatable bonds is 2. The maximum atomic E-state index is 11.6. The van der Waals surface area contributed by atoms with Gasteiger partial charge in [-0.15, -0.1) is 0 Å². The molecule has 5 nitrogen and oxygen atoms in total. The van der Waals surface area contributed by atoms with Crippen LogP contribution in [-0.4, -0.2) is 22.6 Å². The number of ether oxygens (including phenoxy) is 1. The van der Waals surface area contributed by atoms with Gasteiger partial charge in [0.1, 0.15) is 11.4 Å². The normalized spacial score (nSPS) is 11.0. The van der Waals surface area contributed by atoms with Crippen molar-refractivity contribution in [1.29, 1.82) is 0 Å². The average Bonchev–Trinajstić information content (AvgIpc) is 2.19. The van der Waals surface area contributed by atoms with Gasteiger partial charge in [0.15, 0.2) is 5.78 Å². The van der Waals surface area contributed by atoms with Crippen LogP contribution in [0.15, 0.2) is 16.6 Å². The molecule has 2 N–H and O–H groups in total. The van der Waals surface area contributed by atoms with Crippen LogP contribution in [0.4, 0.5) is 10.5 Å². The van der Waals surface area contributed by atoms with Crippen LogP contribution in [-0.2, 0) is 4.74 Å². The molecule has 1 amide bonds. The summed E-state index contributed by atoms with van der Waals surface area (Å²) in [6.07, 6.45) is -0.699. The number of nitrogens with one attached hydrogen (secondary N) is 1. The molecule has 0 aliphatic carbocycles. The minimum atomic E-state index is -0.699. The number of benzene rings is 1. The fourth-order valence-electron chi connectivity index (χ4n) is 1.38. The predicted octanol–water partition coefficient (Wildman–Crippen LogP) is 3.70. The van der Waals surface area contributed by atoms with Gasteiger partial charge in [0.2, 0.25) is 0 Å². The maximum Gasteiger partial charge on any atom is 0.412 e. The molecule has 0 atom stereocenters. The lowest BCUT2D eigenvalue weighted by atomic mass is 10.1. The maximum absolute atomic E-state index is 11.6. The van der Waals surface area contributed by atoms with E-state index in [-0.39, 0.29) is 22.8 Å².